The summed E-state index contributed by atoms with van der Waals surface area (Å²) in [6.45, 7) is 0.306. The van der Waals surface area contributed by atoms with E-state index in [1.54, 1.807) is 24.4 Å². The van der Waals surface area contributed by atoms with Gasteiger partial charge in [-0.05, 0) is 34.1 Å². The van der Waals surface area contributed by atoms with E-state index >= 15 is 0 Å². The van der Waals surface area contributed by atoms with Crippen molar-refractivity contribution in [1.82, 2.24) is 4.98 Å². The molecule has 82 valence electrons. The molecule has 2 aromatic rings. The second-order valence-corrected chi connectivity index (χ2v) is 4.02. The Balaban J connectivity index is 2.38. The summed E-state index contributed by atoms with van der Waals surface area (Å²) in [6.07, 6.45) is 3.02. The Morgan fingerprint density at radius 2 is 2.31 bits per heavy atom. The van der Waals surface area contributed by atoms with Crippen LogP contribution in [0, 0.1) is 0 Å². The summed E-state index contributed by atoms with van der Waals surface area (Å²) in [6, 6.07) is 4.98. The molecule has 0 radical (unpaired) electrons. The molecular weight excluding hydrogens is 272 g/mol. The third kappa shape index (κ3) is 2.05. The zero-order chi connectivity index (χ0) is 11.5. The van der Waals surface area contributed by atoms with E-state index in [4.69, 9.17) is 10.2 Å². The van der Waals surface area contributed by atoms with E-state index in [-0.39, 0.29) is 11.5 Å². The van der Waals surface area contributed by atoms with Gasteiger partial charge in [-0.2, -0.15) is 0 Å². The lowest BCUT2D eigenvalue weighted by Gasteiger charge is -2.00. The Labute approximate surface area is 101 Å². The fourth-order valence-corrected chi connectivity index (χ4v) is 1.70. The smallest absolute Gasteiger partial charge is 0.229 e. The van der Waals surface area contributed by atoms with Gasteiger partial charge in [0, 0.05) is 18.3 Å². The van der Waals surface area contributed by atoms with Gasteiger partial charge < -0.3 is 10.2 Å². The Kier molecular flexibility index (Phi) is 3.17. The predicted octanol–water partition coefficient (Wildman–Crippen LogP) is 2.13. The van der Waals surface area contributed by atoms with Crippen LogP contribution in [0.15, 0.2) is 39.5 Å². The number of hydrogen-bond donors (Lipinski definition) is 1. The lowest BCUT2D eigenvalue weighted by Crippen LogP contribution is -2.05. The average molecular weight is 281 g/mol. The second-order valence-electron chi connectivity index (χ2n) is 3.17. The molecule has 0 aliphatic rings. The molecule has 0 atom stereocenters. The molecule has 0 aromatic carbocycles. The van der Waals surface area contributed by atoms with Crippen LogP contribution < -0.4 is 5.73 Å². The van der Waals surface area contributed by atoms with Gasteiger partial charge in [0.15, 0.2) is 5.76 Å². The van der Waals surface area contributed by atoms with Crippen LogP contribution in [0.2, 0.25) is 0 Å². The van der Waals surface area contributed by atoms with Crippen molar-refractivity contribution in [3.05, 3.63) is 52.1 Å². The number of halogens is 1. The molecule has 0 fully saturated rings. The van der Waals surface area contributed by atoms with Gasteiger partial charge in [-0.15, -0.1) is 0 Å². The normalized spacial score (nSPS) is 10.4. The number of nitrogens with two attached hydrogens (primary N) is 1. The topological polar surface area (TPSA) is 69.1 Å². The molecule has 0 saturated carbocycles. The van der Waals surface area contributed by atoms with Crippen LogP contribution in [-0.4, -0.2) is 10.8 Å². The molecule has 5 heteroatoms. The number of carbonyl (C=O) groups excluding carboxylic acids is 1. The van der Waals surface area contributed by atoms with Crippen LogP contribution in [-0.2, 0) is 6.54 Å². The van der Waals surface area contributed by atoms with Crippen LogP contribution in [0.4, 0.5) is 0 Å². The van der Waals surface area contributed by atoms with Gasteiger partial charge in [0.2, 0.25) is 5.78 Å². The van der Waals surface area contributed by atoms with Crippen LogP contribution in [0.1, 0.15) is 21.8 Å². The monoisotopic (exact) mass is 280 g/mol. The second kappa shape index (κ2) is 4.59. The molecule has 0 bridgehead atoms. The zero-order valence-electron chi connectivity index (χ0n) is 8.31. The molecule has 0 aliphatic heterocycles. The summed E-state index contributed by atoms with van der Waals surface area (Å²) in [4.78, 5) is 16.0. The Morgan fingerprint density at radius 3 is 2.94 bits per heavy atom. The minimum absolute atomic E-state index is 0.186. The predicted molar refractivity (Wildman–Crippen MR) is 62.0 cm³/mol. The van der Waals surface area contributed by atoms with Gasteiger partial charge in [-0.1, -0.05) is 0 Å². The summed E-state index contributed by atoms with van der Waals surface area (Å²) in [5, 5.41) is 0. The summed E-state index contributed by atoms with van der Waals surface area (Å²) >= 11 is 3.24. The molecule has 0 aliphatic carbocycles. The summed E-state index contributed by atoms with van der Waals surface area (Å²) in [5.41, 5.74) is 6.66. The van der Waals surface area contributed by atoms with E-state index in [1.165, 1.54) is 6.26 Å². The van der Waals surface area contributed by atoms with Gasteiger partial charge in [-0.3, -0.25) is 9.78 Å². The molecule has 0 saturated heterocycles. The van der Waals surface area contributed by atoms with Crippen molar-refractivity contribution < 1.29 is 9.21 Å². The number of carbonyl (C=O) groups is 1. The average Bonchev–Trinajstić information content (AvgIpc) is 2.74. The number of hydrogen-bond acceptors (Lipinski definition) is 4. The van der Waals surface area contributed by atoms with E-state index < -0.39 is 0 Å². The molecule has 16 heavy (non-hydrogen) atoms. The van der Waals surface area contributed by atoms with Gasteiger partial charge in [-0.25, -0.2) is 0 Å². The van der Waals surface area contributed by atoms with Crippen molar-refractivity contribution in [3.63, 3.8) is 0 Å². The van der Waals surface area contributed by atoms with E-state index in [9.17, 15) is 4.79 Å². The third-order valence-corrected chi connectivity index (χ3v) is 2.74. The Hall–Kier alpha value is -1.46. The summed E-state index contributed by atoms with van der Waals surface area (Å²) in [7, 11) is 0. The maximum atomic E-state index is 12.0. The maximum absolute atomic E-state index is 12.0. The molecule has 2 aromatic heterocycles. The van der Waals surface area contributed by atoms with E-state index in [0.717, 1.165) is 0 Å². The Morgan fingerprint density at radius 1 is 1.50 bits per heavy atom. The minimum atomic E-state index is -0.186. The van der Waals surface area contributed by atoms with Crippen LogP contribution in [0.5, 0.6) is 0 Å². The van der Waals surface area contributed by atoms with Crippen molar-refractivity contribution in [2.45, 2.75) is 6.54 Å². The molecule has 0 spiro atoms. The number of rotatable bonds is 3. The number of aromatic nitrogens is 1. The van der Waals surface area contributed by atoms with Gasteiger partial charge in [0.05, 0.1) is 16.4 Å². The first-order chi connectivity index (χ1) is 7.72. The number of nitrogens with zero attached hydrogens (tertiary/aromatic N) is 1. The minimum Gasteiger partial charge on any atom is -0.460 e. The van der Waals surface area contributed by atoms with Crippen molar-refractivity contribution in [3.8, 4) is 0 Å². The lowest BCUT2D eigenvalue weighted by molar-refractivity contribution is 0.101. The van der Waals surface area contributed by atoms with Gasteiger partial charge in [0.1, 0.15) is 0 Å². The number of pyridine rings is 1. The van der Waals surface area contributed by atoms with Crippen LogP contribution in [0.3, 0.4) is 0 Å². The zero-order valence-corrected chi connectivity index (χ0v) is 9.90. The standard InChI is InChI=1S/C11H9BrN2O2/c12-9-2-4-16-11(9)10(15)7-1-3-14-8(5-7)6-13/h1-5H,6,13H2. The third-order valence-electron chi connectivity index (χ3n) is 2.11. The van der Waals surface area contributed by atoms with Crippen LogP contribution in [0.25, 0.3) is 0 Å². The molecule has 4 nitrogen and oxygen atoms in total. The highest BCUT2D eigenvalue weighted by Gasteiger charge is 2.16. The van der Waals surface area contributed by atoms with Gasteiger partial charge in [0.25, 0.3) is 0 Å². The molecule has 0 unspecified atom stereocenters. The molecule has 2 N–H and O–H groups in total. The molecule has 2 heterocycles. The van der Waals surface area contributed by atoms with E-state index in [0.29, 0.717) is 22.3 Å². The Bertz CT molecular complexity index is 522. The number of furan rings is 1. The van der Waals surface area contributed by atoms with Crippen molar-refractivity contribution >= 4 is 21.7 Å². The summed E-state index contributed by atoms with van der Waals surface area (Å²) in [5.74, 6) is 0.100. The highest BCUT2D eigenvalue weighted by molar-refractivity contribution is 9.10. The maximum Gasteiger partial charge on any atom is 0.229 e. The molecular formula is C11H9BrN2O2. The largest absolute Gasteiger partial charge is 0.460 e. The fraction of sp³-hybridized carbons (Fsp3) is 0.0909. The molecule has 0 amide bonds. The first kappa shape index (κ1) is 11.0. The first-order valence-corrected chi connectivity index (χ1v) is 5.44. The van der Waals surface area contributed by atoms with Crippen molar-refractivity contribution in [2.24, 2.45) is 5.73 Å². The fourth-order valence-electron chi connectivity index (χ4n) is 1.32. The number of ketones is 1. The van der Waals surface area contributed by atoms with E-state index in [2.05, 4.69) is 20.9 Å². The quantitative estimate of drug-likeness (QED) is 0.875. The lowest BCUT2D eigenvalue weighted by atomic mass is 10.1. The van der Waals surface area contributed by atoms with Crippen molar-refractivity contribution in [1.29, 1.82) is 0 Å². The molecule has 2 rings (SSSR count). The highest BCUT2D eigenvalue weighted by atomic mass is 79.9. The van der Waals surface area contributed by atoms with Crippen molar-refractivity contribution in [2.75, 3.05) is 0 Å². The highest BCUT2D eigenvalue weighted by Crippen LogP contribution is 2.21. The summed E-state index contributed by atoms with van der Waals surface area (Å²) < 4.78 is 5.75. The van der Waals surface area contributed by atoms with Crippen LogP contribution >= 0.6 is 15.9 Å². The SMILES string of the molecule is NCc1cc(C(=O)c2occc2Br)ccn1. The van der Waals surface area contributed by atoms with Gasteiger partial charge >= 0.3 is 0 Å². The first-order valence-electron chi connectivity index (χ1n) is 4.65. The van der Waals surface area contributed by atoms with E-state index in [1.807, 2.05) is 0 Å².